The van der Waals surface area contributed by atoms with Gasteiger partial charge in [0.2, 0.25) is 0 Å². The van der Waals surface area contributed by atoms with Gasteiger partial charge in [0.25, 0.3) is 0 Å². The Morgan fingerprint density at radius 1 is 1.47 bits per heavy atom. The summed E-state index contributed by atoms with van der Waals surface area (Å²) in [4.78, 5) is 10.2. The molecule has 19 heavy (non-hydrogen) atoms. The molecule has 0 saturated heterocycles. The molecule has 0 aliphatic heterocycles. The molecule has 0 aliphatic rings. The SMILES string of the molecule is COc1ccc(Br)c(NCc2csc([N+](=O)[O-])c2)c1. The first-order valence-corrected chi connectivity index (χ1v) is 7.06. The van der Waals surface area contributed by atoms with E-state index >= 15 is 0 Å². The Balaban J connectivity index is 2.07. The van der Waals surface area contributed by atoms with Gasteiger partial charge in [-0.2, -0.15) is 0 Å². The zero-order valence-electron chi connectivity index (χ0n) is 10.1. The van der Waals surface area contributed by atoms with Crippen molar-refractivity contribution < 1.29 is 9.66 Å². The third-order valence-electron chi connectivity index (χ3n) is 2.48. The Morgan fingerprint density at radius 2 is 2.26 bits per heavy atom. The third kappa shape index (κ3) is 3.45. The van der Waals surface area contributed by atoms with Crippen LogP contribution in [0.5, 0.6) is 5.75 Å². The summed E-state index contributed by atoms with van der Waals surface area (Å²) < 4.78 is 6.06. The van der Waals surface area contributed by atoms with E-state index in [0.717, 1.165) is 32.8 Å². The van der Waals surface area contributed by atoms with Crippen LogP contribution in [-0.4, -0.2) is 12.0 Å². The van der Waals surface area contributed by atoms with Crippen molar-refractivity contribution in [2.45, 2.75) is 6.54 Å². The number of nitrogens with one attached hydrogen (secondary N) is 1. The highest BCUT2D eigenvalue weighted by Crippen LogP contribution is 2.28. The molecule has 2 aromatic rings. The maximum absolute atomic E-state index is 10.6. The van der Waals surface area contributed by atoms with Crippen molar-refractivity contribution in [2.75, 3.05) is 12.4 Å². The summed E-state index contributed by atoms with van der Waals surface area (Å²) in [6.45, 7) is 0.524. The van der Waals surface area contributed by atoms with E-state index in [4.69, 9.17) is 4.74 Å². The number of anilines is 1. The van der Waals surface area contributed by atoms with Gasteiger partial charge in [-0.25, -0.2) is 0 Å². The number of nitrogens with zero attached hydrogens (tertiary/aromatic N) is 1. The summed E-state index contributed by atoms with van der Waals surface area (Å²) in [5, 5.41) is 15.7. The number of benzene rings is 1. The van der Waals surface area contributed by atoms with Crippen molar-refractivity contribution in [2.24, 2.45) is 0 Å². The predicted molar refractivity (Wildman–Crippen MR) is 79.0 cm³/mol. The van der Waals surface area contributed by atoms with E-state index in [-0.39, 0.29) is 9.92 Å². The van der Waals surface area contributed by atoms with E-state index in [9.17, 15) is 10.1 Å². The number of ether oxygens (including phenoxy) is 1. The van der Waals surface area contributed by atoms with Crippen LogP contribution in [0.4, 0.5) is 10.7 Å². The van der Waals surface area contributed by atoms with Gasteiger partial charge < -0.3 is 10.1 Å². The third-order valence-corrected chi connectivity index (χ3v) is 4.10. The number of halogens is 1. The molecule has 0 spiro atoms. The molecule has 100 valence electrons. The van der Waals surface area contributed by atoms with Gasteiger partial charge in [-0.05, 0) is 33.6 Å². The first-order chi connectivity index (χ1) is 9.10. The minimum absolute atomic E-state index is 0.154. The van der Waals surface area contributed by atoms with E-state index in [1.165, 1.54) is 0 Å². The fourth-order valence-corrected chi connectivity index (χ4v) is 2.63. The van der Waals surface area contributed by atoms with Gasteiger partial charge in [0, 0.05) is 28.5 Å². The van der Waals surface area contributed by atoms with Crippen LogP contribution in [0.15, 0.2) is 34.1 Å². The first-order valence-electron chi connectivity index (χ1n) is 5.39. The molecule has 0 bridgehead atoms. The lowest BCUT2D eigenvalue weighted by Gasteiger charge is -2.09. The van der Waals surface area contributed by atoms with Crippen molar-refractivity contribution >= 4 is 38.0 Å². The smallest absolute Gasteiger partial charge is 0.324 e. The fourth-order valence-electron chi connectivity index (χ4n) is 1.52. The van der Waals surface area contributed by atoms with E-state index in [1.807, 2.05) is 18.2 Å². The molecule has 0 aliphatic carbocycles. The molecule has 1 aromatic heterocycles. The second kappa shape index (κ2) is 6.03. The monoisotopic (exact) mass is 342 g/mol. The second-order valence-corrected chi connectivity index (χ2v) is 5.49. The van der Waals surface area contributed by atoms with Crippen molar-refractivity contribution in [3.63, 3.8) is 0 Å². The predicted octanol–water partition coefficient (Wildman–Crippen LogP) is 4.04. The number of hydrogen-bond acceptors (Lipinski definition) is 5. The molecule has 1 N–H and O–H groups in total. The van der Waals surface area contributed by atoms with Gasteiger partial charge in [0.1, 0.15) is 5.75 Å². The van der Waals surface area contributed by atoms with Gasteiger partial charge in [-0.1, -0.05) is 11.3 Å². The normalized spacial score (nSPS) is 10.2. The topological polar surface area (TPSA) is 64.4 Å². The summed E-state index contributed by atoms with van der Waals surface area (Å²) in [5.41, 5.74) is 1.76. The van der Waals surface area contributed by atoms with Crippen LogP contribution in [0.3, 0.4) is 0 Å². The second-order valence-electron chi connectivity index (χ2n) is 3.75. The number of rotatable bonds is 5. The Kier molecular flexibility index (Phi) is 4.39. The zero-order valence-corrected chi connectivity index (χ0v) is 12.5. The number of hydrogen-bond donors (Lipinski definition) is 1. The van der Waals surface area contributed by atoms with Gasteiger partial charge in [0.05, 0.1) is 17.7 Å². The molecular weight excluding hydrogens is 332 g/mol. The van der Waals surface area contributed by atoms with Crippen LogP contribution in [-0.2, 0) is 6.54 Å². The molecule has 1 aromatic carbocycles. The van der Waals surface area contributed by atoms with Crippen molar-refractivity contribution in [1.82, 2.24) is 0 Å². The highest BCUT2D eigenvalue weighted by atomic mass is 79.9. The summed E-state index contributed by atoms with van der Waals surface area (Å²) in [6.07, 6.45) is 0. The fraction of sp³-hybridized carbons (Fsp3) is 0.167. The lowest BCUT2D eigenvalue weighted by molar-refractivity contribution is -0.380. The summed E-state index contributed by atoms with van der Waals surface area (Å²) in [7, 11) is 1.61. The molecule has 0 saturated carbocycles. The lowest BCUT2D eigenvalue weighted by Crippen LogP contribution is -1.99. The average Bonchev–Trinajstić information content (AvgIpc) is 2.87. The Morgan fingerprint density at radius 3 is 2.89 bits per heavy atom. The van der Waals surface area contributed by atoms with E-state index in [2.05, 4.69) is 21.2 Å². The molecule has 1 heterocycles. The highest BCUT2D eigenvalue weighted by Gasteiger charge is 2.09. The largest absolute Gasteiger partial charge is 0.497 e. The maximum Gasteiger partial charge on any atom is 0.324 e. The van der Waals surface area contributed by atoms with Crippen LogP contribution >= 0.6 is 27.3 Å². The zero-order chi connectivity index (χ0) is 13.8. The lowest BCUT2D eigenvalue weighted by atomic mass is 10.2. The van der Waals surface area contributed by atoms with E-state index in [1.54, 1.807) is 18.6 Å². The van der Waals surface area contributed by atoms with E-state index in [0.29, 0.717) is 6.54 Å². The number of nitro groups is 1. The molecule has 0 fully saturated rings. The molecule has 0 radical (unpaired) electrons. The number of methoxy groups -OCH3 is 1. The van der Waals surface area contributed by atoms with Crippen LogP contribution < -0.4 is 10.1 Å². The van der Waals surface area contributed by atoms with Gasteiger partial charge in [-0.3, -0.25) is 10.1 Å². The summed E-state index contributed by atoms with van der Waals surface area (Å²) in [6, 6.07) is 7.18. The summed E-state index contributed by atoms with van der Waals surface area (Å²) >= 11 is 4.57. The van der Waals surface area contributed by atoms with Crippen molar-refractivity contribution in [3.8, 4) is 5.75 Å². The van der Waals surface area contributed by atoms with Gasteiger partial charge >= 0.3 is 5.00 Å². The standard InChI is InChI=1S/C12H11BrN2O3S/c1-18-9-2-3-10(13)11(5-9)14-6-8-4-12(15(16)17)19-7-8/h2-5,7,14H,6H2,1H3. The van der Waals surface area contributed by atoms with Crippen LogP contribution in [0.2, 0.25) is 0 Å². The molecule has 7 heteroatoms. The van der Waals surface area contributed by atoms with Crippen LogP contribution in [0.25, 0.3) is 0 Å². The quantitative estimate of drug-likeness (QED) is 0.657. The Bertz CT molecular complexity index is 600. The molecule has 5 nitrogen and oxygen atoms in total. The molecular formula is C12H11BrN2O3S. The number of thiophene rings is 1. The minimum Gasteiger partial charge on any atom is -0.497 e. The Hall–Kier alpha value is -1.60. The molecule has 0 amide bonds. The van der Waals surface area contributed by atoms with Gasteiger partial charge in [0.15, 0.2) is 0 Å². The van der Waals surface area contributed by atoms with Crippen LogP contribution in [0, 0.1) is 10.1 Å². The Labute approximate surface area is 122 Å². The minimum atomic E-state index is -0.379. The van der Waals surface area contributed by atoms with Crippen molar-refractivity contribution in [1.29, 1.82) is 0 Å². The van der Waals surface area contributed by atoms with E-state index < -0.39 is 0 Å². The molecule has 0 unspecified atom stereocenters. The van der Waals surface area contributed by atoms with Crippen LogP contribution in [0.1, 0.15) is 5.56 Å². The molecule has 0 atom stereocenters. The average molecular weight is 343 g/mol. The molecule has 2 rings (SSSR count). The van der Waals surface area contributed by atoms with Gasteiger partial charge in [-0.15, -0.1) is 0 Å². The first kappa shape index (κ1) is 13.8. The summed E-state index contributed by atoms with van der Waals surface area (Å²) in [5.74, 6) is 0.752. The highest BCUT2D eigenvalue weighted by molar-refractivity contribution is 9.10. The van der Waals surface area contributed by atoms with Crippen molar-refractivity contribution in [3.05, 3.63) is 49.8 Å². The maximum atomic E-state index is 10.6.